The number of rotatable bonds is 1. The van der Waals surface area contributed by atoms with Gasteiger partial charge in [0.1, 0.15) is 0 Å². The van der Waals surface area contributed by atoms with E-state index in [4.69, 9.17) is 10.00 Å². The molecule has 1 aliphatic rings. The summed E-state index contributed by atoms with van der Waals surface area (Å²) in [6.45, 7) is 5.13. The first kappa shape index (κ1) is 7.52. The van der Waals surface area contributed by atoms with Crippen LogP contribution in [-0.2, 0) is 4.74 Å². The van der Waals surface area contributed by atoms with E-state index in [1.807, 2.05) is 6.92 Å². The fourth-order valence-corrected chi connectivity index (χ4v) is 1.13. The zero-order valence-corrected chi connectivity index (χ0v) is 6.21. The summed E-state index contributed by atoms with van der Waals surface area (Å²) in [6.07, 6.45) is 0.294. The van der Waals surface area contributed by atoms with Gasteiger partial charge in [0, 0.05) is 13.1 Å². The summed E-state index contributed by atoms with van der Waals surface area (Å²) < 4.78 is 5.30. The van der Waals surface area contributed by atoms with E-state index in [0.29, 0.717) is 12.6 Å². The van der Waals surface area contributed by atoms with Crippen LogP contribution in [0.25, 0.3) is 0 Å². The fourth-order valence-electron chi connectivity index (χ4n) is 1.13. The molecule has 0 N–H and O–H groups in total. The van der Waals surface area contributed by atoms with Crippen LogP contribution in [0.4, 0.5) is 0 Å². The summed E-state index contributed by atoms with van der Waals surface area (Å²) in [5, 5.41) is 8.37. The van der Waals surface area contributed by atoms with Crippen LogP contribution in [0.3, 0.4) is 0 Å². The van der Waals surface area contributed by atoms with Crippen molar-refractivity contribution in [2.45, 2.75) is 13.0 Å². The Morgan fingerprint density at radius 2 is 2.60 bits per heavy atom. The van der Waals surface area contributed by atoms with Crippen LogP contribution in [0.1, 0.15) is 6.92 Å². The molecule has 3 heteroatoms. The minimum Gasteiger partial charge on any atom is -0.376 e. The topological polar surface area (TPSA) is 36.3 Å². The molecule has 1 unspecified atom stereocenters. The Hall–Kier alpha value is -0.590. The van der Waals surface area contributed by atoms with Crippen LogP contribution in [0.2, 0.25) is 0 Å². The average Bonchev–Trinajstić information content (AvgIpc) is 1.88. The summed E-state index contributed by atoms with van der Waals surface area (Å²) >= 11 is 0. The van der Waals surface area contributed by atoms with Crippen molar-refractivity contribution in [3.63, 3.8) is 0 Å². The van der Waals surface area contributed by atoms with E-state index in [2.05, 4.69) is 11.0 Å². The Labute approximate surface area is 61.2 Å². The van der Waals surface area contributed by atoms with Crippen LogP contribution in [0.15, 0.2) is 0 Å². The molecule has 0 aromatic carbocycles. The quantitative estimate of drug-likeness (QED) is 0.489. The molecule has 0 radical (unpaired) electrons. The van der Waals surface area contributed by atoms with E-state index < -0.39 is 0 Å². The molecule has 0 bridgehead atoms. The maximum Gasteiger partial charge on any atom is 0.0867 e. The van der Waals surface area contributed by atoms with Gasteiger partial charge >= 0.3 is 0 Å². The standard InChI is InChI=1S/C7H12N2O/c1-7-6-9(3-2-8)4-5-10-7/h7H,3-6H2,1H3. The first-order valence-electron chi connectivity index (χ1n) is 3.54. The van der Waals surface area contributed by atoms with Gasteiger partial charge in [-0.25, -0.2) is 0 Å². The molecule has 3 nitrogen and oxygen atoms in total. The molecule has 1 saturated heterocycles. The Morgan fingerprint density at radius 1 is 1.80 bits per heavy atom. The lowest BCUT2D eigenvalue weighted by molar-refractivity contribution is -0.0134. The lowest BCUT2D eigenvalue weighted by Gasteiger charge is -2.28. The van der Waals surface area contributed by atoms with Gasteiger partial charge in [-0.15, -0.1) is 0 Å². The van der Waals surface area contributed by atoms with E-state index in [-0.39, 0.29) is 0 Å². The molecule has 0 aliphatic carbocycles. The predicted molar refractivity (Wildman–Crippen MR) is 37.5 cm³/mol. The Bertz CT molecular complexity index is 141. The van der Waals surface area contributed by atoms with Crippen molar-refractivity contribution in [1.29, 1.82) is 5.26 Å². The molecule has 1 rings (SSSR count). The van der Waals surface area contributed by atoms with Crippen molar-refractivity contribution in [3.8, 4) is 6.07 Å². The number of hydrogen-bond acceptors (Lipinski definition) is 3. The summed E-state index contributed by atoms with van der Waals surface area (Å²) in [7, 11) is 0. The highest BCUT2D eigenvalue weighted by Crippen LogP contribution is 2.02. The smallest absolute Gasteiger partial charge is 0.0867 e. The summed E-state index contributed by atoms with van der Waals surface area (Å²) in [4.78, 5) is 2.11. The normalized spacial score (nSPS) is 27.8. The molecule has 1 fully saturated rings. The van der Waals surface area contributed by atoms with Crippen LogP contribution in [-0.4, -0.2) is 37.2 Å². The first-order chi connectivity index (χ1) is 4.83. The van der Waals surface area contributed by atoms with Crippen molar-refractivity contribution in [2.75, 3.05) is 26.2 Å². The zero-order valence-electron chi connectivity index (χ0n) is 6.21. The third-order valence-corrected chi connectivity index (χ3v) is 1.62. The van der Waals surface area contributed by atoms with Gasteiger partial charge in [0.05, 0.1) is 25.3 Å². The third kappa shape index (κ3) is 1.98. The number of hydrogen-bond donors (Lipinski definition) is 0. The number of nitrogens with zero attached hydrogens (tertiary/aromatic N) is 2. The molecule has 0 saturated carbocycles. The van der Waals surface area contributed by atoms with Gasteiger partial charge in [0.25, 0.3) is 0 Å². The van der Waals surface area contributed by atoms with Gasteiger partial charge in [0.2, 0.25) is 0 Å². The van der Waals surface area contributed by atoms with Crippen LogP contribution in [0.5, 0.6) is 0 Å². The van der Waals surface area contributed by atoms with E-state index in [9.17, 15) is 0 Å². The van der Waals surface area contributed by atoms with Crippen molar-refractivity contribution in [1.82, 2.24) is 4.90 Å². The number of nitriles is 1. The minimum absolute atomic E-state index is 0.294. The molecular weight excluding hydrogens is 128 g/mol. The number of ether oxygens (including phenoxy) is 1. The molecule has 56 valence electrons. The molecule has 1 aliphatic heterocycles. The van der Waals surface area contributed by atoms with E-state index in [1.165, 1.54) is 0 Å². The Kier molecular flexibility index (Phi) is 2.67. The molecule has 0 aromatic rings. The zero-order chi connectivity index (χ0) is 7.40. The van der Waals surface area contributed by atoms with Crippen LogP contribution >= 0.6 is 0 Å². The molecular formula is C7H12N2O. The third-order valence-electron chi connectivity index (χ3n) is 1.62. The maximum absolute atomic E-state index is 8.37. The molecule has 0 spiro atoms. The second-order valence-electron chi connectivity index (χ2n) is 2.57. The lowest BCUT2D eigenvalue weighted by atomic mass is 10.3. The van der Waals surface area contributed by atoms with Gasteiger partial charge in [-0.05, 0) is 6.92 Å². The molecule has 1 heterocycles. The lowest BCUT2D eigenvalue weighted by Crippen LogP contribution is -2.41. The van der Waals surface area contributed by atoms with Gasteiger partial charge in [-0.1, -0.05) is 0 Å². The molecule has 1 atom stereocenters. The van der Waals surface area contributed by atoms with Crippen molar-refractivity contribution >= 4 is 0 Å². The Balaban J connectivity index is 2.27. The highest BCUT2D eigenvalue weighted by molar-refractivity contribution is 4.79. The first-order valence-corrected chi connectivity index (χ1v) is 3.54. The highest BCUT2D eigenvalue weighted by atomic mass is 16.5. The highest BCUT2D eigenvalue weighted by Gasteiger charge is 2.15. The number of morpholine rings is 1. The second-order valence-corrected chi connectivity index (χ2v) is 2.57. The molecule has 0 aromatic heterocycles. The molecule has 10 heavy (non-hydrogen) atoms. The van der Waals surface area contributed by atoms with E-state index in [0.717, 1.165) is 19.7 Å². The molecule has 0 amide bonds. The van der Waals surface area contributed by atoms with Crippen molar-refractivity contribution in [3.05, 3.63) is 0 Å². The second kappa shape index (κ2) is 3.55. The van der Waals surface area contributed by atoms with Gasteiger partial charge < -0.3 is 4.74 Å². The minimum atomic E-state index is 0.294. The van der Waals surface area contributed by atoms with E-state index >= 15 is 0 Å². The van der Waals surface area contributed by atoms with Crippen molar-refractivity contribution < 1.29 is 4.74 Å². The van der Waals surface area contributed by atoms with Crippen LogP contribution < -0.4 is 0 Å². The maximum atomic E-state index is 8.37. The van der Waals surface area contributed by atoms with E-state index in [1.54, 1.807) is 0 Å². The summed E-state index contributed by atoms with van der Waals surface area (Å²) in [5.41, 5.74) is 0. The Morgan fingerprint density at radius 3 is 3.20 bits per heavy atom. The summed E-state index contributed by atoms with van der Waals surface area (Å²) in [5.74, 6) is 0. The largest absolute Gasteiger partial charge is 0.376 e. The SMILES string of the molecule is CC1CN(CC#N)CCO1. The van der Waals surface area contributed by atoms with Gasteiger partial charge in [-0.3, -0.25) is 4.90 Å². The van der Waals surface area contributed by atoms with Gasteiger partial charge in [-0.2, -0.15) is 5.26 Å². The fraction of sp³-hybridized carbons (Fsp3) is 0.857. The average molecular weight is 140 g/mol. The monoisotopic (exact) mass is 140 g/mol. The van der Waals surface area contributed by atoms with Crippen molar-refractivity contribution in [2.24, 2.45) is 0 Å². The van der Waals surface area contributed by atoms with Crippen LogP contribution in [0, 0.1) is 11.3 Å². The van der Waals surface area contributed by atoms with Gasteiger partial charge in [0.15, 0.2) is 0 Å². The predicted octanol–water partition coefficient (Wildman–Crippen LogP) is 0.231. The summed E-state index contributed by atoms with van der Waals surface area (Å²) in [6, 6.07) is 2.13.